The van der Waals surface area contributed by atoms with Crippen LogP contribution in [0.3, 0.4) is 0 Å². The lowest BCUT2D eigenvalue weighted by Gasteiger charge is -2.38. The van der Waals surface area contributed by atoms with Gasteiger partial charge in [0, 0.05) is 30.7 Å². The van der Waals surface area contributed by atoms with Crippen LogP contribution in [0.5, 0.6) is 0 Å². The maximum atomic E-state index is 11.8. The summed E-state index contributed by atoms with van der Waals surface area (Å²) in [6, 6.07) is 0. The standard InChI is InChI=1S/C11H21N3O2S/c1-11(10(12)13-16)4-6-14(7-5-11)9(15)3-8-17-2/h16H,3-8H2,1-2H3,(H2,12,13). The molecule has 1 heterocycles. The number of rotatable bonds is 4. The molecule has 0 aromatic rings. The van der Waals surface area contributed by atoms with Crippen molar-refractivity contribution in [1.29, 1.82) is 0 Å². The number of carbonyl (C=O) groups excluding carboxylic acids is 1. The van der Waals surface area contributed by atoms with Crippen LogP contribution in [0.15, 0.2) is 5.16 Å². The van der Waals surface area contributed by atoms with Crippen LogP contribution in [0.2, 0.25) is 0 Å². The van der Waals surface area contributed by atoms with E-state index < -0.39 is 0 Å². The molecule has 0 saturated carbocycles. The molecule has 1 saturated heterocycles. The number of amides is 1. The number of amidine groups is 1. The third kappa shape index (κ3) is 3.52. The van der Waals surface area contributed by atoms with Crippen LogP contribution in [-0.2, 0) is 4.79 Å². The molecule has 1 aliphatic heterocycles. The molecule has 0 aliphatic carbocycles. The molecule has 6 heteroatoms. The Hall–Kier alpha value is -0.910. The van der Waals surface area contributed by atoms with Gasteiger partial charge >= 0.3 is 0 Å². The highest BCUT2D eigenvalue weighted by Gasteiger charge is 2.35. The molecular weight excluding hydrogens is 238 g/mol. The molecule has 0 bridgehead atoms. The summed E-state index contributed by atoms with van der Waals surface area (Å²) in [5.74, 6) is 1.35. The number of hydrogen-bond donors (Lipinski definition) is 2. The van der Waals surface area contributed by atoms with Crippen molar-refractivity contribution in [2.45, 2.75) is 26.2 Å². The normalized spacial score (nSPS) is 20.4. The molecule has 0 radical (unpaired) electrons. The number of likely N-dealkylation sites (tertiary alicyclic amines) is 1. The minimum atomic E-state index is -0.273. The second kappa shape index (κ2) is 6.14. The average Bonchev–Trinajstić information content (AvgIpc) is 2.35. The van der Waals surface area contributed by atoms with Crippen molar-refractivity contribution in [3.05, 3.63) is 0 Å². The first-order valence-electron chi connectivity index (χ1n) is 5.78. The fourth-order valence-corrected chi connectivity index (χ4v) is 2.35. The minimum Gasteiger partial charge on any atom is -0.409 e. The minimum absolute atomic E-state index is 0.209. The van der Waals surface area contributed by atoms with E-state index in [1.54, 1.807) is 11.8 Å². The van der Waals surface area contributed by atoms with Crippen molar-refractivity contribution < 1.29 is 10.0 Å². The predicted octanol–water partition coefficient (Wildman–Crippen LogP) is 1.11. The van der Waals surface area contributed by atoms with E-state index in [-0.39, 0.29) is 17.2 Å². The van der Waals surface area contributed by atoms with Gasteiger partial charge in [0.25, 0.3) is 0 Å². The number of nitrogens with two attached hydrogens (primary N) is 1. The van der Waals surface area contributed by atoms with Crippen LogP contribution in [0.4, 0.5) is 0 Å². The molecule has 1 fully saturated rings. The summed E-state index contributed by atoms with van der Waals surface area (Å²) in [5.41, 5.74) is 5.40. The molecule has 17 heavy (non-hydrogen) atoms. The molecular formula is C11H21N3O2S. The maximum absolute atomic E-state index is 11.8. The number of thioether (sulfide) groups is 1. The average molecular weight is 259 g/mol. The molecule has 5 nitrogen and oxygen atoms in total. The van der Waals surface area contributed by atoms with Crippen molar-refractivity contribution in [3.63, 3.8) is 0 Å². The number of hydrogen-bond acceptors (Lipinski definition) is 4. The van der Waals surface area contributed by atoms with Gasteiger partial charge in [-0.2, -0.15) is 11.8 Å². The molecule has 0 aromatic carbocycles. The Labute approximate surface area is 106 Å². The number of nitrogens with zero attached hydrogens (tertiary/aromatic N) is 2. The lowest BCUT2D eigenvalue weighted by molar-refractivity contribution is -0.132. The fraction of sp³-hybridized carbons (Fsp3) is 0.818. The Bertz CT molecular complexity index is 299. The SMILES string of the molecule is CSCCC(=O)N1CCC(C)(C(N)=NO)CC1. The van der Waals surface area contributed by atoms with Crippen molar-refractivity contribution in [1.82, 2.24) is 4.90 Å². The van der Waals surface area contributed by atoms with Gasteiger partial charge in [-0.25, -0.2) is 0 Å². The summed E-state index contributed by atoms with van der Waals surface area (Å²) in [7, 11) is 0. The van der Waals surface area contributed by atoms with E-state index in [1.165, 1.54) is 0 Å². The number of oxime groups is 1. The highest BCUT2D eigenvalue weighted by molar-refractivity contribution is 7.98. The van der Waals surface area contributed by atoms with Crippen LogP contribution in [0.25, 0.3) is 0 Å². The van der Waals surface area contributed by atoms with Gasteiger partial charge in [0.1, 0.15) is 5.84 Å². The summed E-state index contributed by atoms with van der Waals surface area (Å²) in [6.45, 7) is 3.37. The monoisotopic (exact) mass is 259 g/mol. The van der Waals surface area contributed by atoms with E-state index in [4.69, 9.17) is 10.9 Å². The van der Waals surface area contributed by atoms with Crippen LogP contribution < -0.4 is 5.73 Å². The largest absolute Gasteiger partial charge is 0.409 e. The second-order valence-electron chi connectivity index (χ2n) is 4.67. The molecule has 1 rings (SSSR count). The highest BCUT2D eigenvalue weighted by Crippen LogP contribution is 2.31. The predicted molar refractivity (Wildman–Crippen MR) is 70.3 cm³/mol. The van der Waals surface area contributed by atoms with Crippen LogP contribution in [0.1, 0.15) is 26.2 Å². The lowest BCUT2D eigenvalue weighted by atomic mass is 9.79. The first-order valence-corrected chi connectivity index (χ1v) is 7.17. The Morgan fingerprint density at radius 1 is 1.53 bits per heavy atom. The van der Waals surface area contributed by atoms with E-state index in [9.17, 15) is 4.79 Å². The van der Waals surface area contributed by atoms with E-state index in [0.717, 1.165) is 18.6 Å². The molecule has 1 aliphatic rings. The van der Waals surface area contributed by atoms with Crippen LogP contribution in [0, 0.1) is 5.41 Å². The van der Waals surface area contributed by atoms with Gasteiger partial charge in [0.15, 0.2) is 0 Å². The van der Waals surface area contributed by atoms with E-state index >= 15 is 0 Å². The Kier molecular flexibility index (Phi) is 5.11. The van der Waals surface area contributed by atoms with Crippen LogP contribution in [-0.4, -0.2) is 46.9 Å². The molecule has 0 aromatic heterocycles. The second-order valence-corrected chi connectivity index (χ2v) is 5.66. The topological polar surface area (TPSA) is 78.9 Å². The number of piperidine rings is 1. The Morgan fingerprint density at radius 2 is 2.12 bits per heavy atom. The van der Waals surface area contributed by atoms with Crippen molar-refractivity contribution in [2.75, 3.05) is 25.1 Å². The van der Waals surface area contributed by atoms with Gasteiger partial charge < -0.3 is 15.8 Å². The first kappa shape index (κ1) is 14.2. The Morgan fingerprint density at radius 3 is 2.59 bits per heavy atom. The zero-order valence-corrected chi connectivity index (χ0v) is 11.3. The van der Waals surface area contributed by atoms with Gasteiger partial charge in [0.05, 0.1) is 0 Å². The molecule has 0 unspecified atom stereocenters. The molecule has 98 valence electrons. The summed E-state index contributed by atoms with van der Waals surface area (Å²) in [5, 5.41) is 11.8. The summed E-state index contributed by atoms with van der Waals surface area (Å²) >= 11 is 1.68. The third-order valence-electron chi connectivity index (χ3n) is 3.47. The number of carbonyl (C=O) groups is 1. The molecule has 1 amide bonds. The van der Waals surface area contributed by atoms with Gasteiger partial charge in [0.2, 0.25) is 5.91 Å². The van der Waals surface area contributed by atoms with Crippen LogP contribution >= 0.6 is 11.8 Å². The zero-order valence-electron chi connectivity index (χ0n) is 10.5. The summed E-state index contributed by atoms with van der Waals surface area (Å²) in [4.78, 5) is 13.7. The van der Waals surface area contributed by atoms with Crippen molar-refractivity contribution in [3.8, 4) is 0 Å². The zero-order chi connectivity index (χ0) is 12.9. The van der Waals surface area contributed by atoms with E-state index in [2.05, 4.69) is 5.16 Å². The molecule has 3 N–H and O–H groups in total. The highest BCUT2D eigenvalue weighted by atomic mass is 32.2. The smallest absolute Gasteiger partial charge is 0.223 e. The fourth-order valence-electron chi connectivity index (χ4n) is 1.97. The first-order chi connectivity index (χ1) is 8.03. The summed E-state index contributed by atoms with van der Waals surface area (Å²) < 4.78 is 0. The summed E-state index contributed by atoms with van der Waals surface area (Å²) in [6.07, 6.45) is 4.11. The molecule has 0 spiro atoms. The van der Waals surface area contributed by atoms with Gasteiger partial charge in [-0.15, -0.1) is 0 Å². The van der Waals surface area contributed by atoms with Gasteiger partial charge in [-0.3, -0.25) is 4.79 Å². The maximum Gasteiger partial charge on any atom is 0.223 e. The van der Waals surface area contributed by atoms with Gasteiger partial charge in [-0.05, 0) is 19.1 Å². The third-order valence-corrected chi connectivity index (χ3v) is 4.08. The van der Waals surface area contributed by atoms with Gasteiger partial charge in [-0.1, -0.05) is 12.1 Å². The van der Waals surface area contributed by atoms with E-state index in [1.807, 2.05) is 18.1 Å². The Balaban J connectivity index is 2.48. The quantitative estimate of drug-likeness (QED) is 0.343. The lowest BCUT2D eigenvalue weighted by Crippen LogP contribution is -2.47. The van der Waals surface area contributed by atoms with Crippen molar-refractivity contribution in [2.24, 2.45) is 16.3 Å². The van der Waals surface area contributed by atoms with Crippen molar-refractivity contribution >= 4 is 23.5 Å². The van der Waals surface area contributed by atoms with E-state index in [0.29, 0.717) is 19.5 Å². The molecule has 0 atom stereocenters.